The lowest BCUT2D eigenvalue weighted by Crippen LogP contribution is -2.56. The van der Waals surface area contributed by atoms with Crippen molar-refractivity contribution in [3.05, 3.63) is 35.9 Å². The second-order valence-electron chi connectivity index (χ2n) is 11.2. The van der Waals surface area contributed by atoms with Crippen LogP contribution in [0.3, 0.4) is 0 Å². The molecule has 0 radical (unpaired) electrons. The summed E-state index contributed by atoms with van der Waals surface area (Å²) in [5, 5.41) is 5.56. The number of alkyl carbamates (subject to hydrolysis) is 1. The molecule has 0 aliphatic carbocycles. The van der Waals surface area contributed by atoms with E-state index in [-0.39, 0.29) is 30.8 Å². The average molecular weight is 519 g/mol. The second-order valence-corrected chi connectivity index (χ2v) is 11.2. The van der Waals surface area contributed by atoms with Crippen molar-refractivity contribution in [3.8, 4) is 0 Å². The third-order valence-electron chi connectivity index (χ3n) is 5.63. The molecule has 1 aromatic carbocycles. The number of rotatable bonds is 13. The normalized spacial score (nSPS) is 14.0. The van der Waals surface area contributed by atoms with Crippen LogP contribution in [0.1, 0.15) is 92.7 Å². The molecule has 0 bridgehead atoms. The molecule has 37 heavy (non-hydrogen) atoms. The minimum Gasteiger partial charge on any atom is -0.444 e. The van der Waals surface area contributed by atoms with E-state index in [4.69, 9.17) is 10.5 Å². The molecule has 1 rings (SSSR count). The van der Waals surface area contributed by atoms with Gasteiger partial charge in [-0.2, -0.15) is 0 Å². The lowest BCUT2D eigenvalue weighted by Gasteiger charge is -2.39. The van der Waals surface area contributed by atoms with E-state index in [1.54, 1.807) is 37.8 Å². The topological polar surface area (TPSA) is 131 Å². The molecule has 0 aromatic heterocycles. The Hall–Kier alpha value is -3.10. The summed E-state index contributed by atoms with van der Waals surface area (Å²) in [4.78, 5) is 53.5. The van der Waals surface area contributed by atoms with Gasteiger partial charge in [-0.05, 0) is 72.3 Å². The van der Waals surface area contributed by atoms with Crippen molar-refractivity contribution in [1.29, 1.82) is 0 Å². The van der Waals surface area contributed by atoms with Crippen LogP contribution in [0.4, 0.5) is 4.79 Å². The van der Waals surface area contributed by atoms with Gasteiger partial charge in [-0.3, -0.25) is 14.4 Å². The van der Waals surface area contributed by atoms with Crippen LogP contribution in [0, 0.1) is 5.92 Å². The summed E-state index contributed by atoms with van der Waals surface area (Å²) in [6, 6.07) is 6.55. The Balaban J connectivity index is 3.55. The first kappa shape index (κ1) is 31.9. The molecule has 0 spiro atoms. The molecule has 4 N–H and O–H groups in total. The number of hydrogen-bond acceptors (Lipinski definition) is 5. The van der Waals surface area contributed by atoms with Gasteiger partial charge < -0.3 is 26.0 Å². The number of amides is 4. The van der Waals surface area contributed by atoms with Gasteiger partial charge >= 0.3 is 6.09 Å². The van der Waals surface area contributed by atoms with Crippen molar-refractivity contribution in [1.82, 2.24) is 15.5 Å². The van der Waals surface area contributed by atoms with Crippen LogP contribution in [0.5, 0.6) is 0 Å². The Morgan fingerprint density at radius 2 is 1.51 bits per heavy atom. The minimum absolute atomic E-state index is 0.0197. The number of primary amides is 1. The van der Waals surface area contributed by atoms with Gasteiger partial charge in [0.2, 0.25) is 17.7 Å². The van der Waals surface area contributed by atoms with E-state index < -0.39 is 35.6 Å². The number of carbonyl (C=O) groups is 4. The molecule has 3 atom stereocenters. The van der Waals surface area contributed by atoms with Crippen LogP contribution < -0.4 is 16.4 Å². The number of nitrogens with zero attached hydrogens (tertiary/aromatic N) is 1. The van der Waals surface area contributed by atoms with E-state index in [1.165, 1.54) is 0 Å². The predicted molar refractivity (Wildman–Crippen MR) is 144 cm³/mol. The standard InChI is InChI=1S/C28H46N4O5/c1-18(2)14-15-20(5)32(24(25(34)30-19(3)4)21-12-10-9-11-13-21)26(35)22(16-17-23(29)33)31-27(36)37-28(6,7)8/h9-13,18-20,22,24H,14-17H2,1-8H3,(H2,29,33)(H,30,34)(H,31,36). The van der Waals surface area contributed by atoms with E-state index >= 15 is 0 Å². The quantitative estimate of drug-likeness (QED) is 0.362. The monoisotopic (exact) mass is 518 g/mol. The Labute approximate surface area is 221 Å². The summed E-state index contributed by atoms with van der Waals surface area (Å²) in [6.07, 6.45) is 0.566. The van der Waals surface area contributed by atoms with E-state index in [0.717, 1.165) is 6.42 Å². The molecule has 0 aliphatic rings. The minimum atomic E-state index is -1.11. The van der Waals surface area contributed by atoms with Crippen molar-refractivity contribution < 1.29 is 23.9 Å². The van der Waals surface area contributed by atoms with E-state index in [1.807, 2.05) is 39.0 Å². The van der Waals surface area contributed by atoms with Gasteiger partial charge in [-0.1, -0.05) is 44.2 Å². The SMILES string of the molecule is CC(C)CCC(C)N(C(=O)C(CCC(N)=O)NC(=O)OC(C)(C)C)C(C(=O)NC(C)C)c1ccccc1. The first-order valence-corrected chi connectivity index (χ1v) is 13.1. The van der Waals surface area contributed by atoms with Crippen LogP contribution in [-0.2, 0) is 19.1 Å². The van der Waals surface area contributed by atoms with Crippen molar-refractivity contribution >= 4 is 23.8 Å². The lowest BCUT2D eigenvalue weighted by molar-refractivity contribution is -0.145. The number of carbonyl (C=O) groups excluding carboxylic acids is 4. The van der Waals surface area contributed by atoms with Gasteiger partial charge in [0, 0.05) is 18.5 Å². The van der Waals surface area contributed by atoms with Crippen molar-refractivity contribution in [2.24, 2.45) is 11.7 Å². The molecule has 4 amide bonds. The van der Waals surface area contributed by atoms with Gasteiger partial charge in [0.25, 0.3) is 0 Å². The molecule has 3 unspecified atom stereocenters. The van der Waals surface area contributed by atoms with Crippen LogP contribution >= 0.6 is 0 Å². The molecular weight excluding hydrogens is 472 g/mol. The zero-order valence-corrected chi connectivity index (χ0v) is 23.7. The van der Waals surface area contributed by atoms with Crippen LogP contribution in [0.15, 0.2) is 30.3 Å². The molecule has 0 aliphatic heterocycles. The number of hydrogen-bond donors (Lipinski definition) is 3. The van der Waals surface area contributed by atoms with Crippen LogP contribution in [0.2, 0.25) is 0 Å². The van der Waals surface area contributed by atoms with Gasteiger partial charge in [0.15, 0.2) is 0 Å². The fraction of sp³-hybridized carbons (Fsp3) is 0.643. The highest BCUT2D eigenvalue weighted by Gasteiger charge is 2.39. The molecular formula is C28H46N4O5. The van der Waals surface area contributed by atoms with Crippen LogP contribution in [-0.4, -0.2) is 52.4 Å². The molecule has 0 saturated heterocycles. The van der Waals surface area contributed by atoms with E-state index in [2.05, 4.69) is 24.5 Å². The number of ether oxygens (including phenoxy) is 1. The molecule has 0 saturated carbocycles. The van der Waals surface area contributed by atoms with Crippen molar-refractivity contribution in [2.45, 2.75) is 111 Å². The molecule has 208 valence electrons. The summed E-state index contributed by atoms with van der Waals surface area (Å²) >= 11 is 0. The molecule has 0 heterocycles. The average Bonchev–Trinajstić information content (AvgIpc) is 2.76. The third kappa shape index (κ3) is 11.7. The summed E-state index contributed by atoms with van der Waals surface area (Å²) in [6.45, 7) is 15.0. The molecule has 9 nitrogen and oxygen atoms in total. The van der Waals surface area contributed by atoms with Gasteiger partial charge in [0.05, 0.1) is 0 Å². The smallest absolute Gasteiger partial charge is 0.408 e. The lowest BCUT2D eigenvalue weighted by atomic mass is 9.96. The van der Waals surface area contributed by atoms with Crippen molar-refractivity contribution in [2.75, 3.05) is 0 Å². The summed E-state index contributed by atoms with van der Waals surface area (Å²) in [5.74, 6) is -1.00. The fourth-order valence-electron chi connectivity index (χ4n) is 3.92. The van der Waals surface area contributed by atoms with E-state index in [9.17, 15) is 19.2 Å². The van der Waals surface area contributed by atoms with Crippen LogP contribution in [0.25, 0.3) is 0 Å². The van der Waals surface area contributed by atoms with Gasteiger partial charge in [-0.25, -0.2) is 4.79 Å². The highest BCUT2D eigenvalue weighted by Crippen LogP contribution is 2.28. The Bertz CT molecular complexity index is 896. The first-order chi connectivity index (χ1) is 17.1. The second kappa shape index (κ2) is 14.6. The van der Waals surface area contributed by atoms with Gasteiger partial charge in [-0.15, -0.1) is 0 Å². The van der Waals surface area contributed by atoms with Gasteiger partial charge in [0.1, 0.15) is 17.7 Å². The Kier molecular flexibility index (Phi) is 12.6. The number of nitrogens with one attached hydrogen (secondary N) is 2. The zero-order valence-electron chi connectivity index (χ0n) is 23.7. The molecule has 0 fully saturated rings. The highest BCUT2D eigenvalue weighted by atomic mass is 16.6. The van der Waals surface area contributed by atoms with E-state index in [0.29, 0.717) is 17.9 Å². The maximum atomic E-state index is 14.2. The summed E-state index contributed by atoms with van der Waals surface area (Å²) < 4.78 is 5.37. The summed E-state index contributed by atoms with van der Waals surface area (Å²) in [5.41, 5.74) is 5.24. The summed E-state index contributed by atoms with van der Waals surface area (Å²) in [7, 11) is 0. The maximum Gasteiger partial charge on any atom is 0.408 e. The zero-order chi connectivity index (χ0) is 28.3. The molecule has 1 aromatic rings. The third-order valence-corrected chi connectivity index (χ3v) is 5.63. The largest absolute Gasteiger partial charge is 0.444 e. The van der Waals surface area contributed by atoms with Crippen molar-refractivity contribution in [3.63, 3.8) is 0 Å². The predicted octanol–water partition coefficient (Wildman–Crippen LogP) is 4.06. The number of benzene rings is 1. The first-order valence-electron chi connectivity index (χ1n) is 13.1. The Morgan fingerprint density at radius 3 is 2.00 bits per heavy atom. The fourth-order valence-corrected chi connectivity index (χ4v) is 3.92. The maximum absolute atomic E-state index is 14.2. The Morgan fingerprint density at radius 1 is 0.919 bits per heavy atom. The highest BCUT2D eigenvalue weighted by molar-refractivity contribution is 5.92. The molecule has 9 heteroatoms. The number of nitrogens with two attached hydrogens (primary N) is 1.